The molecule has 0 fully saturated rings. The van der Waals surface area contributed by atoms with Crippen LogP contribution in [0, 0.1) is 0 Å². The molecule has 68 valence electrons. The zero-order valence-corrected chi connectivity index (χ0v) is 7.10. The van der Waals surface area contributed by atoms with Gasteiger partial charge in [-0.25, -0.2) is 0 Å². The van der Waals surface area contributed by atoms with Gasteiger partial charge in [0.25, 0.3) is 0 Å². The number of hydrogen-bond acceptors (Lipinski definition) is 4. The average molecular weight is 179 g/mol. The molecule has 13 heavy (non-hydrogen) atoms. The average Bonchev–Trinajstić information content (AvgIpc) is 2.18. The van der Waals surface area contributed by atoms with E-state index in [1.807, 2.05) is 0 Å². The molecule has 0 atom stereocenters. The molecule has 4 heteroatoms. The van der Waals surface area contributed by atoms with Gasteiger partial charge < -0.3 is 9.94 Å². The largest absolute Gasteiger partial charge is 0.497 e. The van der Waals surface area contributed by atoms with Crippen molar-refractivity contribution in [2.75, 3.05) is 7.11 Å². The van der Waals surface area contributed by atoms with Crippen LogP contribution in [0.1, 0.15) is 10.4 Å². The number of carbonyl (C=O) groups excluding carboxylic acids is 1. The van der Waals surface area contributed by atoms with E-state index in [1.165, 1.54) is 0 Å². The smallest absolute Gasteiger partial charge is 0.207 e. The fourth-order valence-corrected chi connectivity index (χ4v) is 0.882. The minimum absolute atomic E-state index is 0.342. The molecule has 0 bridgehead atoms. The van der Waals surface area contributed by atoms with E-state index in [9.17, 15) is 4.79 Å². The first kappa shape index (κ1) is 9.25. The lowest BCUT2D eigenvalue weighted by Gasteiger charge is -1.99. The third kappa shape index (κ3) is 2.30. The second-order valence-electron chi connectivity index (χ2n) is 2.34. The van der Waals surface area contributed by atoms with E-state index in [2.05, 4.69) is 5.16 Å². The van der Waals surface area contributed by atoms with Gasteiger partial charge in [-0.05, 0) is 24.3 Å². The number of methoxy groups -OCH3 is 1. The summed E-state index contributed by atoms with van der Waals surface area (Å²) in [5.41, 5.74) is 0.457. The third-order valence-electron chi connectivity index (χ3n) is 1.55. The van der Waals surface area contributed by atoms with Gasteiger partial charge in [-0.2, -0.15) is 0 Å². The van der Waals surface area contributed by atoms with E-state index in [0.717, 1.165) is 6.21 Å². The summed E-state index contributed by atoms with van der Waals surface area (Å²) >= 11 is 0. The van der Waals surface area contributed by atoms with Gasteiger partial charge in [0.1, 0.15) is 12.0 Å². The SMILES string of the molecule is COc1ccc(C(=O)C=NO)cc1. The van der Waals surface area contributed by atoms with Gasteiger partial charge in [0, 0.05) is 5.56 Å². The Morgan fingerprint density at radius 1 is 1.46 bits per heavy atom. The zero-order valence-electron chi connectivity index (χ0n) is 7.10. The molecule has 0 aliphatic heterocycles. The van der Waals surface area contributed by atoms with Gasteiger partial charge in [-0.15, -0.1) is 0 Å². The Hall–Kier alpha value is -1.84. The summed E-state index contributed by atoms with van der Waals surface area (Å²) < 4.78 is 4.91. The van der Waals surface area contributed by atoms with E-state index >= 15 is 0 Å². The lowest BCUT2D eigenvalue weighted by Crippen LogP contribution is -1.99. The van der Waals surface area contributed by atoms with Crippen molar-refractivity contribution in [3.63, 3.8) is 0 Å². The van der Waals surface area contributed by atoms with Crippen molar-refractivity contribution in [1.29, 1.82) is 0 Å². The van der Waals surface area contributed by atoms with Gasteiger partial charge in [-0.1, -0.05) is 5.16 Å². The predicted molar refractivity (Wildman–Crippen MR) is 47.6 cm³/mol. The number of benzene rings is 1. The maximum atomic E-state index is 11.1. The molecule has 0 heterocycles. The van der Waals surface area contributed by atoms with Crippen LogP contribution >= 0.6 is 0 Å². The molecule has 0 saturated carbocycles. The Balaban J connectivity index is 2.85. The van der Waals surface area contributed by atoms with Crippen molar-refractivity contribution in [1.82, 2.24) is 0 Å². The molecule has 0 amide bonds. The molecule has 0 aromatic heterocycles. The lowest BCUT2D eigenvalue weighted by atomic mass is 10.1. The van der Waals surface area contributed by atoms with Gasteiger partial charge in [0.15, 0.2) is 0 Å². The Morgan fingerprint density at radius 3 is 2.54 bits per heavy atom. The fourth-order valence-electron chi connectivity index (χ4n) is 0.882. The Labute approximate surface area is 75.4 Å². The maximum Gasteiger partial charge on any atom is 0.207 e. The highest BCUT2D eigenvalue weighted by Crippen LogP contribution is 2.10. The molecule has 1 aromatic carbocycles. The summed E-state index contributed by atoms with van der Waals surface area (Å²) in [6.07, 6.45) is 0.849. The van der Waals surface area contributed by atoms with Crippen molar-refractivity contribution in [3.8, 4) is 5.75 Å². The van der Waals surface area contributed by atoms with Gasteiger partial charge in [0.2, 0.25) is 5.78 Å². The molecule has 0 saturated heterocycles. The molecule has 0 unspecified atom stereocenters. The van der Waals surface area contributed by atoms with Gasteiger partial charge in [-0.3, -0.25) is 4.79 Å². The van der Waals surface area contributed by atoms with Gasteiger partial charge in [0.05, 0.1) is 7.11 Å². The first-order valence-corrected chi connectivity index (χ1v) is 3.63. The van der Waals surface area contributed by atoms with E-state index in [-0.39, 0.29) is 5.78 Å². The Bertz CT molecular complexity index is 316. The molecular weight excluding hydrogens is 170 g/mol. The van der Waals surface area contributed by atoms with Crippen molar-refractivity contribution in [2.24, 2.45) is 5.16 Å². The first-order valence-electron chi connectivity index (χ1n) is 3.63. The van der Waals surface area contributed by atoms with Crippen LogP contribution in [0.4, 0.5) is 0 Å². The number of hydrogen-bond donors (Lipinski definition) is 1. The van der Waals surface area contributed by atoms with Crippen molar-refractivity contribution >= 4 is 12.0 Å². The van der Waals surface area contributed by atoms with Crippen molar-refractivity contribution < 1.29 is 14.7 Å². The number of oxime groups is 1. The minimum atomic E-state index is -0.342. The molecule has 0 spiro atoms. The van der Waals surface area contributed by atoms with Crippen LogP contribution in [-0.2, 0) is 0 Å². The summed E-state index contributed by atoms with van der Waals surface area (Å²) in [4.78, 5) is 11.1. The normalized spacial score (nSPS) is 10.2. The summed E-state index contributed by atoms with van der Waals surface area (Å²) in [6, 6.07) is 6.53. The minimum Gasteiger partial charge on any atom is -0.497 e. The number of ketones is 1. The van der Waals surface area contributed by atoms with Crippen LogP contribution in [0.15, 0.2) is 29.4 Å². The number of Topliss-reactive ketones (excluding diaryl/α,β-unsaturated/α-hetero) is 1. The second-order valence-corrected chi connectivity index (χ2v) is 2.34. The number of rotatable bonds is 3. The van der Waals surface area contributed by atoms with Crippen molar-refractivity contribution in [2.45, 2.75) is 0 Å². The van der Waals surface area contributed by atoms with Gasteiger partial charge >= 0.3 is 0 Å². The van der Waals surface area contributed by atoms with E-state index < -0.39 is 0 Å². The Morgan fingerprint density at radius 2 is 2.08 bits per heavy atom. The Kier molecular flexibility index (Phi) is 3.03. The van der Waals surface area contributed by atoms with Crippen molar-refractivity contribution in [3.05, 3.63) is 29.8 Å². The molecule has 1 rings (SSSR count). The van der Waals surface area contributed by atoms with Crippen LogP contribution in [-0.4, -0.2) is 24.3 Å². The summed E-state index contributed by atoms with van der Waals surface area (Å²) in [6.45, 7) is 0. The van der Waals surface area contributed by atoms with E-state index in [1.54, 1.807) is 31.4 Å². The summed E-state index contributed by atoms with van der Waals surface area (Å²) in [7, 11) is 1.55. The topological polar surface area (TPSA) is 58.9 Å². The van der Waals surface area contributed by atoms with E-state index in [0.29, 0.717) is 11.3 Å². The molecule has 4 nitrogen and oxygen atoms in total. The zero-order chi connectivity index (χ0) is 9.68. The predicted octanol–water partition coefficient (Wildman–Crippen LogP) is 1.34. The highest BCUT2D eigenvalue weighted by Gasteiger charge is 2.01. The van der Waals surface area contributed by atoms with Crippen LogP contribution in [0.3, 0.4) is 0 Å². The highest BCUT2D eigenvalue weighted by molar-refractivity contribution is 6.35. The molecular formula is C9H9NO3. The molecule has 1 aromatic rings. The number of carbonyl (C=O) groups is 1. The van der Waals surface area contributed by atoms with E-state index in [4.69, 9.17) is 9.94 Å². The van der Waals surface area contributed by atoms with Crippen LogP contribution in [0.25, 0.3) is 0 Å². The molecule has 0 radical (unpaired) electrons. The fraction of sp³-hybridized carbons (Fsp3) is 0.111. The number of ether oxygens (including phenoxy) is 1. The standard InChI is InChI=1S/C9H9NO3/c1-13-8-4-2-7(3-5-8)9(11)6-10-12/h2-6,12H,1H3. The third-order valence-corrected chi connectivity index (χ3v) is 1.55. The molecule has 0 aliphatic rings. The summed E-state index contributed by atoms with van der Waals surface area (Å²) in [5.74, 6) is 0.336. The monoisotopic (exact) mass is 179 g/mol. The van der Waals surface area contributed by atoms with Crippen LogP contribution in [0.2, 0.25) is 0 Å². The first-order chi connectivity index (χ1) is 6.27. The highest BCUT2D eigenvalue weighted by atomic mass is 16.5. The maximum absolute atomic E-state index is 11.1. The number of nitrogens with zero attached hydrogens (tertiary/aromatic N) is 1. The van der Waals surface area contributed by atoms with Crippen LogP contribution < -0.4 is 4.74 Å². The molecule has 1 N–H and O–H groups in total. The molecule has 0 aliphatic carbocycles. The van der Waals surface area contributed by atoms with Crippen LogP contribution in [0.5, 0.6) is 5.75 Å². The second kappa shape index (κ2) is 4.25. The quantitative estimate of drug-likeness (QED) is 0.329. The lowest BCUT2D eigenvalue weighted by molar-refractivity contribution is 0.106. The summed E-state index contributed by atoms with van der Waals surface area (Å²) in [5, 5.41) is 10.8.